The number of nitrogens with one attached hydrogen (secondary N) is 1. The van der Waals surface area contributed by atoms with Crippen molar-refractivity contribution in [2.45, 2.75) is 12.8 Å². The lowest BCUT2D eigenvalue weighted by atomic mass is 10.0. The van der Waals surface area contributed by atoms with Crippen LogP contribution in [0.4, 0.5) is 0 Å². The van der Waals surface area contributed by atoms with E-state index in [0.717, 1.165) is 19.5 Å². The number of rotatable bonds is 2. The summed E-state index contributed by atoms with van der Waals surface area (Å²) in [5.74, 6) is 0. The van der Waals surface area contributed by atoms with Crippen LogP contribution in [0.25, 0.3) is 0 Å². The molecule has 0 amide bonds. The minimum absolute atomic E-state index is 1.04. The summed E-state index contributed by atoms with van der Waals surface area (Å²) in [5, 5.41) is 3.37. The molecule has 0 radical (unpaired) electrons. The van der Waals surface area contributed by atoms with Crippen LogP contribution in [0.15, 0.2) is 36.2 Å². The molecular weight excluding hydrogens is 160 g/mol. The summed E-state index contributed by atoms with van der Waals surface area (Å²) >= 11 is 0. The molecule has 1 N–H and O–H groups in total. The van der Waals surface area contributed by atoms with Gasteiger partial charge in [0.15, 0.2) is 0 Å². The van der Waals surface area contributed by atoms with Gasteiger partial charge in [0.25, 0.3) is 0 Å². The van der Waals surface area contributed by atoms with E-state index in [0.29, 0.717) is 0 Å². The molecule has 0 atom stereocenters. The summed E-state index contributed by atoms with van der Waals surface area (Å²) in [4.78, 5) is 4.00. The van der Waals surface area contributed by atoms with E-state index in [4.69, 9.17) is 0 Å². The minimum atomic E-state index is 1.04. The maximum atomic E-state index is 4.00. The molecule has 2 heteroatoms. The summed E-state index contributed by atoms with van der Waals surface area (Å²) in [6, 6.07) is 4.16. The molecule has 0 spiro atoms. The first-order valence-electron chi connectivity index (χ1n) is 4.73. The first-order valence-corrected chi connectivity index (χ1v) is 4.73. The highest BCUT2D eigenvalue weighted by Gasteiger charge is 2.02. The predicted molar refractivity (Wildman–Crippen MR) is 53.5 cm³/mol. The molecular formula is C11H14N2. The lowest BCUT2D eigenvalue weighted by Gasteiger charge is -2.13. The van der Waals surface area contributed by atoms with E-state index in [1.807, 2.05) is 12.4 Å². The molecule has 0 fully saturated rings. The van der Waals surface area contributed by atoms with E-state index < -0.39 is 0 Å². The van der Waals surface area contributed by atoms with Crippen molar-refractivity contribution in [1.82, 2.24) is 10.3 Å². The molecule has 2 nitrogen and oxygen atoms in total. The van der Waals surface area contributed by atoms with E-state index >= 15 is 0 Å². The third kappa shape index (κ3) is 2.39. The zero-order valence-electron chi connectivity index (χ0n) is 7.66. The van der Waals surface area contributed by atoms with Gasteiger partial charge in [0.2, 0.25) is 0 Å². The molecule has 1 aliphatic rings. The Balaban J connectivity index is 2.01. The molecule has 0 aliphatic carbocycles. The molecule has 2 rings (SSSR count). The zero-order valence-corrected chi connectivity index (χ0v) is 7.66. The second-order valence-corrected chi connectivity index (χ2v) is 3.36. The Bertz CT molecular complexity index is 290. The number of pyridine rings is 1. The molecule has 1 aromatic heterocycles. The van der Waals surface area contributed by atoms with Gasteiger partial charge < -0.3 is 5.32 Å². The predicted octanol–water partition coefficient (Wildman–Crippen LogP) is 1.54. The SMILES string of the molecule is C1=C(Cc2ccncc2)CNCC1. The molecule has 1 aliphatic heterocycles. The quantitative estimate of drug-likeness (QED) is 0.688. The Morgan fingerprint density at radius 2 is 2.15 bits per heavy atom. The van der Waals surface area contributed by atoms with Crippen molar-refractivity contribution >= 4 is 0 Å². The molecule has 13 heavy (non-hydrogen) atoms. The van der Waals surface area contributed by atoms with E-state index in [9.17, 15) is 0 Å². The minimum Gasteiger partial charge on any atom is -0.313 e. The third-order valence-corrected chi connectivity index (χ3v) is 2.29. The monoisotopic (exact) mass is 174 g/mol. The van der Waals surface area contributed by atoms with Crippen LogP contribution < -0.4 is 5.32 Å². The van der Waals surface area contributed by atoms with Gasteiger partial charge in [-0.3, -0.25) is 4.98 Å². The Hall–Kier alpha value is -1.15. The Morgan fingerprint density at radius 1 is 1.31 bits per heavy atom. The molecule has 0 aromatic carbocycles. The topological polar surface area (TPSA) is 24.9 Å². The average molecular weight is 174 g/mol. The van der Waals surface area contributed by atoms with Gasteiger partial charge in [0.05, 0.1) is 0 Å². The largest absolute Gasteiger partial charge is 0.313 e. The van der Waals surface area contributed by atoms with Gasteiger partial charge >= 0.3 is 0 Å². The van der Waals surface area contributed by atoms with E-state index in [1.165, 1.54) is 17.6 Å². The second-order valence-electron chi connectivity index (χ2n) is 3.36. The number of nitrogens with zero attached hydrogens (tertiary/aromatic N) is 1. The second kappa shape index (κ2) is 4.19. The van der Waals surface area contributed by atoms with Crippen molar-refractivity contribution in [2.75, 3.05) is 13.1 Å². The fraction of sp³-hybridized carbons (Fsp3) is 0.364. The normalized spacial score (nSPS) is 16.8. The lowest BCUT2D eigenvalue weighted by molar-refractivity contribution is 0.690. The number of aromatic nitrogens is 1. The average Bonchev–Trinajstić information content (AvgIpc) is 2.21. The van der Waals surface area contributed by atoms with Gasteiger partial charge in [-0.05, 0) is 37.1 Å². The molecule has 1 aromatic rings. The summed E-state index contributed by atoms with van der Waals surface area (Å²) < 4.78 is 0. The lowest BCUT2D eigenvalue weighted by Crippen LogP contribution is -2.23. The molecule has 68 valence electrons. The van der Waals surface area contributed by atoms with Gasteiger partial charge in [-0.1, -0.05) is 11.6 Å². The Kier molecular flexibility index (Phi) is 2.72. The van der Waals surface area contributed by atoms with Crippen molar-refractivity contribution in [3.05, 3.63) is 41.7 Å². The van der Waals surface area contributed by atoms with Crippen molar-refractivity contribution in [3.8, 4) is 0 Å². The fourth-order valence-corrected chi connectivity index (χ4v) is 1.60. The maximum Gasteiger partial charge on any atom is 0.0270 e. The zero-order chi connectivity index (χ0) is 8.93. The first kappa shape index (κ1) is 8.45. The van der Waals surface area contributed by atoms with Crippen LogP contribution >= 0.6 is 0 Å². The number of hydrogen-bond acceptors (Lipinski definition) is 2. The van der Waals surface area contributed by atoms with Crippen LogP contribution in [0, 0.1) is 0 Å². The third-order valence-electron chi connectivity index (χ3n) is 2.29. The van der Waals surface area contributed by atoms with Gasteiger partial charge in [-0.15, -0.1) is 0 Å². The first-order chi connectivity index (χ1) is 6.45. The molecule has 0 bridgehead atoms. The summed E-state index contributed by atoms with van der Waals surface area (Å²) in [6.07, 6.45) is 8.28. The van der Waals surface area contributed by atoms with Crippen molar-refractivity contribution < 1.29 is 0 Å². The fourth-order valence-electron chi connectivity index (χ4n) is 1.60. The van der Waals surface area contributed by atoms with Crippen LogP contribution in [0.5, 0.6) is 0 Å². The van der Waals surface area contributed by atoms with E-state index in [2.05, 4.69) is 28.5 Å². The highest BCUT2D eigenvalue weighted by atomic mass is 14.9. The van der Waals surface area contributed by atoms with Crippen molar-refractivity contribution in [3.63, 3.8) is 0 Å². The Morgan fingerprint density at radius 3 is 2.85 bits per heavy atom. The molecule has 0 saturated heterocycles. The van der Waals surface area contributed by atoms with Gasteiger partial charge in [-0.25, -0.2) is 0 Å². The molecule has 0 saturated carbocycles. The molecule has 0 unspecified atom stereocenters. The maximum absolute atomic E-state index is 4.00. The highest BCUT2D eigenvalue weighted by molar-refractivity contribution is 5.21. The van der Waals surface area contributed by atoms with Crippen LogP contribution in [0.1, 0.15) is 12.0 Å². The van der Waals surface area contributed by atoms with Crippen molar-refractivity contribution in [1.29, 1.82) is 0 Å². The van der Waals surface area contributed by atoms with E-state index in [1.54, 1.807) is 0 Å². The summed E-state index contributed by atoms with van der Waals surface area (Å²) in [5.41, 5.74) is 2.85. The van der Waals surface area contributed by atoms with Gasteiger partial charge in [-0.2, -0.15) is 0 Å². The van der Waals surface area contributed by atoms with Crippen LogP contribution in [-0.4, -0.2) is 18.1 Å². The summed E-state index contributed by atoms with van der Waals surface area (Å²) in [6.45, 7) is 2.17. The van der Waals surface area contributed by atoms with Gasteiger partial charge in [0, 0.05) is 18.9 Å². The number of hydrogen-bond donors (Lipinski definition) is 1. The van der Waals surface area contributed by atoms with E-state index in [-0.39, 0.29) is 0 Å². The highest BCUT2D eigenvalue weighted by Crippen LogP contribution is 2.09. The van der Waals surface area contributed by atoms with Crippen LogP contribution in [-0.2, 0) is 6.42 Å². The Labute approximate surface area is 78.7 Å². The smallest absolute Gasteiger partial charge is 0.0270 e. The van der Waals surface area contributed by atoms with Crippen LogP contribution in [0.3, 0.4) is 0 Å². The van der Waals surface area contributed by atoms with Gasteiger partial charge in [0.1, 0.15) is 0 Å². The van der Waals surface area contributed by atoms with Crippen molar-refractivity contribution in [2.24, 2.45) is 0 Å². The summed E-state index contributed by atoms with van der Waals surface area (Å²) in [7, 11) is 0. The standard InChI is InChI=1S/C11H14N2/c1-2-11(9-13-5-1)8-10-3-6-12-7-4-10/h2-4,6-7,13H,1,5,8-9H2. The molecule has 2 heterocycles. The van der Waals surface area contributed by atoms with Crippen LogP contribution in [0.2, 0.25) is 0 Å².